The quantitative estimate of drug-likeness (QED) is 0.437. The summed E-state index contributed by atoms with van der Waals surface area (Å²) >= 11 is 0. The number of hydrogen-bond acceptors (Lipinski definition) is 5. The number of ether oxygens (including phenoxy) is 2. The highest BCUT2D eigenvalue weighted by molar-refractivity contribution is 5.76. The van der Waals surface area contributed by atoms with Gasteiger partial charge in [-0.05, 0) is 43.4 Å². The number of para-hydroxylation sites is 1. The molecule has 3 aliphatic rings. The van der Waals surface area contributed by atoms with Gasteiger partial charge in [0.15, 0.2) is 0 Å². The van der Waals surface area contributed by atoms with Gasteiger partial charge in [-0.25, -0.2) is 0 Å². The molecule has 1 aliphatic heterocycles. The van der Waals surface area contributed by atoms with E-state index in [2.05, 4.69) is 31.3 Å². The van der Waals surface area contributed by atoms with E-state index in [0.717, 1.165) is 43.5 Å². The summed E-state index contributed by atoms with van der Waals surface area (Å²) in [4.78, 5) is 12.6. The minimum absolute atomic E-state index is 0.135. The molecule has 0 radical (unpaired) electrons. The summed E-state index contributed by atoms with van der Waals surface area (Å²) in [6.07, 6.45) is 5.27. The van der Waals surface area contributed by atoms with Crippen LogP contribution in [0, 0.1) is 23.2 Å². The van der Waals surface area contributed by atoms with Crippen LogP contribution < -0.4 is 10.1 Å². The van der Waals surface area contributed by atoms with Crippen LogP contribution in [0.15, 0.2) is 35.9 Å². The van der Waals surface area contributed by atoms with Crippen molar-refractivity contribution in [3.05, 3.63) is 41.5 Å². The van der Waals surface area contributed by atoms with Crippen LogP contribution in [0.5, 0.6) is 5.75 Å². The smallest absolute Gasteiger partial charge is 0.311 e. The summed E-state index contributed by atoms with van der Waals surface area (Å²) < 4.78 is 11.1. The lowest BCUT2D eigenvalue weighted by Crippen LogP contribution is -2.54. The monoisotopic (exact) mass is 399 g/mol. The van der Waals surface area contributed by atoms with Crippen molar-refractivity contribution >= 4 is 5.97 Å². The van der Waals surface area contributed by atoms with Crippen molar-refractivity contribution < 1.29 is 19.4 Å². The van der Waals surface area contributed by atoms with E-state index in [4.69, 9.17) is 9.47 Å². The number of carbonyl (C=O) groups is 1. The number of hydrogen-bond donors (Lipinski definition) is 2. The van der Waals surface area contributed by atoms with Gasteiger partial charge in [-0.15, -0.1) is 0 Å². The minimum Gasteiger partial charge on any atom is -0.496 e. The van der Waals surface area contributed by atoms with Crippen molar-refractivity contribution in [3.63, 3.8) is 0 Å². The fourth-order valence-corrected chi connectivity index (χ4v) is 5.69. The first-order valence-corrected chi connectivity index (χ1v) is 10.9. The molecule has 4 rings (SSSR count). The van der Waals surface area contributed by atoms with Crippen molar-refractivity contribution in [2.75, 3.05) is 20.2 Å². The van der Waals surface area contributed by atoms with Crippen LogP contribution in [0.4, 0.5) is 0 Å². The summed E-state index contributed by atoms with van der Waals surface area (Å²) in [5, 5.41) is 14.8. The first-order chi connectivity index (χ1) is 14.0. The summed E-state index contributed by atoms with van der Waals surface area (Å²) in [7, 11) is 1.68. The minimum atomic E-state index is -0.546. The zero-order valence-electron chi connectivity index (χ0n) is 17.7. The Morgan fingerprint density at radius 3 is 2.93 bits per heavy atom. The lowest BCUT2D eigenvalue weighted by atomic mass is 9.55. The van der Waals surface area contributed by atoms with E-state index >= 15 is 0 Å². The normalized spacial score (nSPS) is 36.1. The Kier molecular flexibility index (Phi) is 5.71. The van der Waals surface area contributed by atoms with Gasteiger partial charge in [0.25, 0.3) is 0 Å². The molecule has 2 N–H and O–H groups in total. The fraction of sp³-hybridized carbons (Fsp3) is 0.625. The molecule has 2 aliphatic carbocycles. The SMILES string of the molecule is COc1ccccc1CCNC[C@H]1C(=O)O[C@@H]2CC3=CCC[C@H](C)[C@@]3(C)[C@H](O)[C@@H]21. The van der Waals surface area contributed by atoms with Crippen molar-refractivity contribution in [3.8, 4) is 5.75 Å². The van der Waals surface area contributed by atoms with Crippen LogP contribution in [0.2, 0.25) is 0 Å². The molecule has 0 bridgehead atoms. The molecule has 0 unspecified atom stereocenters. The Labute approximate surface area is 173 Å². The first kappa shape index (κ1) is 20.4. The maximum absolute atomic E-state index is 12.6. The van der Waals surface area contributed by atoms with Crippen molar-refractivity contribution in [2.24, 2.45) is 23.2 Å². The van der Waals surface area contributed by atoms with E-state index in [1.54, 1.807) is 7.11 Å². The second kappa shape index (κ2) is 8.11. The number of aliphatic hydroxyl groups excluding tert-OH is 1. The number of fused-ring (bicyclic) bond motifs is 2. The van der Waals surface area contributed by atoms with Gasteiger partial charge in [0, 0.05) is 24.3 Å². The Morgan fingerprint density at radius 1 is 1.34 bits per heavy atom. The molecule has 1 saturated heterocycles. The van der Waals surface area contributed by atoms with Gasteiger partial charge in [-0.2, -0.15) is 0 Å². The third-order valence-corrected chi connectivity index (χ3v) is 7.70. The molecule has 0 spiro atoms. The fourth-order valence-electron chi connectivity index (χ4n) is 5.69. The molecular formula is C24H33NO4. The molecule has 5 nitrogen and oxygen atoms in total. The van der Waals surface area contributed by atoms with Crippen LogP contribution in [0.3, 0.4) is 0 Å². The number of benzene rings is 1. The van der Waals surface area contributed by atoms with Gasteiger partial charge in [-0.1, -0.05) is 43.7 Å². The largest absolute Gasteiger partial charge is 0.496 e. The van der Waals surface area contributed by atoms with Crippen molar-refractivity contribution in [1.82, 2.24) is 5.32 Å². The first-order valence-electron chi connectivity index (χ1n) is 10.9. The van der Waals surface area contributed by atoms with Gasteiger partial charge < -0.3 is 19.9 Å². The Bertz CT molecular complexity index is 791. The second-order valence-electron chi connectivity index (χ2n) is 9.06. The van der Waals surface area contributed by atoms with Crippen molar-refractivity contribution in [1.29, 1.82) is 0 Å². The number of aliphatic hydroxyl groups is 1. The Morgan fingerprint density at radius 2 is 2.14 bits per heavy atom. The summed E-state index contributed by atoms with van der Waals surface area (Å²) in [6, 6.07) is 7.99. The van der Waals surface area contributed by atoms with E-state index < -0.39 is 6.10 Å². The molecule has 1 saturated carbocycles. The molecule has 5 heteroatoms. The van der Waals surface area contributed by atoms with Crippen LogP contribution >= 0.6 is 0 Å². The van der Waals surface area contributed by atoms with Gasteiger partial charge in [0.05, 0.1) is 19.1 Å². The number of esters is 1. The standard InChI is InChI=1S/C24H33NO4/c1-15-7-6-9-17-13-20-21(22(26)24(15,17)2)18(23(27)29-20)14-25-12-11-16-8-4-5-10-19(16)28-3/h4-5,8-10,15,18,20-22,25-26H,6-7,11-14H2,1-3H3/t15-,18+,20+,21+,22+,24+/m0/s1. The average Bonchev–Trinajstić information content (AvgIpc) is 3.03. The zero-order chi connectivity index (χ0) is 20.6. The maximum atomic E-state index is 12.6. The van der Waals surface area contributed by atoms with Gasteiger partial charge in [0.2, 0.25) is 0 Å². The molecular weight excluding hydrogens is 366 g/mol. The molecule has 1 aromatic carbocycles. The van der Waals surface area contributed by atoms with Crippen LogP contribution in [-0.4, -0.2) is 43.5 Å². The number of allylic oxidation sites excluding steroid dienone is 1. The molecule has 1 heterocycles. The average molecular weight is 400 g/mol. The Hall–Kier alpha value is -1.85. The summed E-state index contributed by atoms with van der Waals surface area (Å²) in [5.74, 6) is 0.702. The number of nitrogens with one attached hydrogen (secondary N) is 1. The lowest BCUT2D eigenvalue weighted by molar-refractivity contribution is -0.144. The Balaban J connectivity index is 1.41. The topological polar surface area (TPSA) is 67.8 Å². The van der Waals surface area contributed by atoms with Gasteiger partial charge in [-0.3, -0.25) is 4.79 Å². The zero-order valence-corrected chi connectivity index (χ0v) is 17.7. The molecule has 29 heavy (non-hydrogen) atoms. The van der Waals surface area contributed by atoms with E-state index in [1.807, 2.05) is 18.2 Å². The molecule has 158 valence electrons. The maximum Gasteiger partial charge on any atom is 0.311 e. The van der Waals surface area contributed by atoms with E-state index in [9.17, 15) is 9.90 Å². The highest BCUT2D eigenvalue weighted by atomic mass is 16.6. The van der Waals surface area contributed by atoms with Crippen molar-refractivity contribution in [2.45, 2.75) is 51.7 Å². The van der Waals surface area contributed by atoms with E-state index in [1.165, 1.54) is 5.57 Å². The molecule has 2 fully saturated rings. The predicted molar refractivity (Wildman–Crippen MR) is 112 cm³/mol. The van der Waals surface area contributed by atoms with Crippen LogP contribution in [0.1, 0.15) is 38.7 Å². The number of methoxy groups -OCH3 is 1. The molecule has 6 atom stereocenters. The summed E-state index contributed by atoms with van der Waals surface area (Å²) in [5.41, 5.74) is 2.18. The van der Waals surface area contributed by atoms with Crippen LogP contribution in [0.25, 0.3) is 0 Å². The van der Waals surface area contributed by atoms with Gasteiger partial charge in [0.1, 0.15) is 11.9 Å². The third-order valence-electron chi connectivity index (χ3n) is 7.70. The molecule has 0 amide bonds. The number of rotatable bonds is 6. The highest BCUT2D eigenvalue weighted by Crippen LogP contribution is 2.55. The molecule has 1 aromatic rings. The molecule has 0 aromatic heterocycles. The van der Waals surface area contributed by atoms with E-state index in [-0.39, 0.29) is 29.3 Å². The van der Waals surface area contributed by atoms with Gasteiger partial charge >= 0.3 is 5.97 Å². The third kappa shape index (κ3) is 3.49. The number of carbonyl (C=O) groups excluding carboxylic acids is 1. The van der Waals surface area contributed by atoms with Crippen LogP contribution in [-0.2, 0) is 16.0 Å². The highest BCUT2D eigenvalue weighted by Gasteiger charge is 2.59. The second-order valence-corrected chi connectivity index (χ2v) is 9.06. The van der Waals surface area contributed by atoms with E-state index in [0.29, 0.717) is 12.5 Å². The lowest BCUT2D eigenvalue weighted by Gasteiger charge is -2.51. The summed E-state index contributed by atoms with van der Waals surface area (Å²) in [6.45, 7) is 5.69. The predicted octanol–water partition coefficient (Wildman–Crippen LogP) is 3.11.